The largest absolute Gasteiger partial charge is 0.506 e. The van der Waals surface area contributed by atoms with Gasteiger partial charge in [-0.3, -0.25) is 10.1 Å². The van der Waals surface area contributed by atoms with E-state index >= 15 is 0 Å². The Bertz CT molecular complexity index is 424. The monoisotopic (exact) mass is 280 g/mol. The van der Waals surface area contributed by atoms with Gasteiger partial charge in [-0.1, -0.05) is 11.6 Å². The zero-order valence-corrected chi connectivity index (χ0v) is 10.1. The molecule has 3 N–H and O–H groups in total. The molecular formula is C9H10Cl2N2O4. The summed E-state index contributed by atoms with van der Waals surface area (Å²) in [6.07, 6.45) is 0. The molecule has 8 heteroatoms. The molecule has 0 aromatic heterocycles. The number of nitro groups is 1. The summed E-state index contributed by atoms with van der Waals surface area (Å²) in [5, 5.41) is 31.6. The minimum atomic E-state index is -0.666. The van der Waals surface area contributed by atoms with Crippen molar-refractivity contribution in [2.45, 2.75) is 6.04 Å². The first kappa shape index (κ1) is 13.8. The third-order valence-electron chi connectivity index (χ3n) is 2.03. The fourth-order valence-corrected chi connectivity index (χ4v) is 1.51. The van der Waals surface area contributed by atoms with Crippen LogP contribution < -0.4 is 5.32 Å². The van der Waals surface area contributed by atoms with Gasteiger partial charge in [0, 0.05) is 5.88 Å². The summed E-state index contributed by atoms with van der Waals surface area (Å²) in [6.45, 7) is -0.279. The number of hydrogen-bond acceptors (Lipinski definition) is 5. The van der Waals surface area contributed by atoms with Gasteiger partial charge in [0.25, 0.3) is 5.69 Å². The van der Waals surface area contributed by atoms with Crippen molar-refractivity contribution in [2.24, 2.45) is 0 Å². The molecule has 0 spiro atoms. The predicted octanol–water partition coefficient (Wildman–Crippen LogP) is 1.97. The summed E-state index contributed by atoms with van der Waals surface area (Å²) in [6, 6.07) is 1.62. The summed E-state index contributed by atoms with van der Waals surface area (Å²) in [7, 11) is 0. The average molecular weight is 281 g/mol. The number of aliphatic hydroxyl groups excluding tert-OH is 1. The highest BCUT2D eigenvalue weighted by molar-refractivity contribution is 6.32. The highest BCUT2D eigenvalue weighted by Crippen LogP contribution is 2.35. The lowest BCUT2D eigenvalue weighted by Gasteiger charge is -2.15. The zero-order valence-electron chi connectivity index (χ0n) is 8.56. The van der Waals surface area contributed by atoms with E-state index in [9.17, 15) is 15.2 Å². The molecule has 0 amide bonds. The molecule has 17 heavy (non-hydrogen) atoms. The van der Waals surface area contributed by atoms with Gasteiger partial charge >= 0.3 is 0 Å². The molecule has 1 rings (SSSR count). The Morgan fingerprint density at radius 3 is 2.65 bits per heavy atom. The molecule has 0 heterocycles. The van der Waals surface area contributed by atoms with Crippen molar-refractivity contribution in [1.82, 2.24) is 0 Å². The average Bonchev–Trinajstić information content (AvgIpc) is 2.29. The lowest BCUT2D eigenvalue weighted by atomic mass is 10.2. The second kappa shape index (κ2) is 5.90. The number of phenolic OH excluding ortho intramolecular Hbond substituents is 1. The van der Waals surface area contributed by atoms with Crippen LogP contribution in [0.2, 0.25) is 5.02 Å². The number of nitro benzene ring substituents is 1. The van der Waals surface area contributed by atoms with E-state index in [1.807, 2.05) is 0 Å². The Kier molecular flexibility index (Phi) is 4.80. The summed E-state index contributed by atoms with van der Waals surface area (Å²) in [5.41, 5.74) is -0.243. The normalized spacial score (nSPS) is 12.2. The number of aromatic hydroxyl groups is 1. The Morgan fingerprint density at radius 2 is 2.18 bits per heavy atom. The van der Waals surface area contributed by atoms with Gasteiger partial charge in [0.05, 0.1) is 28.7 Å². The van der Waals surface area contributed by atoms with Crippen LogP contribution in [0.25, 0.3) is 0 Å². The number of benzene rings is 1. The smallest absolute Gasteiger partial charge is 0.296 e. The first-order valence-corrected chi connectivity index (χ1v) is 5.51. The van der Waals surface area contributed by atoms with Crippen LogP contribution in [-0.4, -0.2) is 33.7 Å². The Hall–Kier alpha value is -1.24. The lowest BCUT2D eigenvalue weighted by molar-refractivity contribution is -0.384. The molecule has 0 bridgehead atoms. The van der Waals surface area contributed by atoms with Gasteiger partial charge in [-0.25, -0.2) is 0 Å². The number of nitrogens with one attached hydrogen (secondary N) is 1. The van der Waals surface area contributed by atoms with Gasteiger partial charge < -0.3 is 15.5 Å². The molecule has 0 radical (unpaired) electrons. The van der Waals surface area contributed by atoms with E-state index in [1.54, 1.807) is 0 Å². The van der Waals surface area contributed by atoms with E-state index in [2.05, 4.69) is 5.32 Å². The molecule has 94 valence electrons. The van der Waals surface area contributed by atoms with E-state index in [1.165, 1.54) is 6.07 Å². The van der Waals surface area contributed by atoms with Crippen LogP contribution in [0, 0.1) is 10.1 Å². The molecule has 0 aliphatic rings. The van der Waals surface area contributed by atoms with Crippen molar-refractivity contribution in [2.75, 3.05) is 17.8 Å². The SMILES string of the molecule is O=[N+]([O-])c1cc(O)c(Cl)cc1NC(CO)CCl. The van der Waals surface area contributed by atoms with Crippen LogP contribution in [0.3, 0.4) is 0 Å². The first-order valence-electron chi connectivity index (χ1n) is 4.59. The van der Waals surface area contributed by atoms with Crippen molar-refractivity contribution in [1.29, 1.82) is 0 Å². The Morgan fingerprint density at radius 1 is 1.53 bits per heavy atom. The van der Waals surface area contributed by atoms with Gasteiger partial charge in [0.15, 0.2) is 0 Å². The van der Waals surface area contributed by atoms with Crippen LogP contribution in [-0.2, 0) is 0 Å². The highest BCUT2D eigenvalue weighted by atomic mass is 35.5. The van der Waals surface area contributed by atoms with Crippen molar-refractivity contribution in [3.63, 3.8) is 0 Å². The zero-order chi connectivity index (χ0) is 13.0. The predicted molar refractivity (Wildman–Crippen MR) is 65.0 cm³/mol. The van der Waals surface area contributed by atoms with E-state index in [0.29, 0.717) is 0 Å². The minimum absolute atomic E-state index is 0.0237. The summed E-state index contributed by atoms with van der Waals surface area (Å²) >= 11 is 11.2. The third kappa shape index (κ3) is 3.36. The number of rotatable bonds is 5. The fourth-order valence-electron chi connectivity index (χ4n) is 1.17. The highest BCUT2D eigenvalue weighted by Gasteiger charge is 2.19. The van der Waals surface area contributed by atoms with Gasteiger partial charge in [-0.15, -0.1) is 11.6 Å². The number of alkyl halides is 1. The second-order valence-corrected chi connectivity index (χ2v) is 3.97. The maximum atomic E-state index is 10.8. The van der Waals surface area contributed by atoms with Crippen LogP contribution >= 0.6 is 23.2 Å². The number of aliphatic hydroxyl groups is 1. The van der Waals surface area contributed by atoms with Crippen molar-refractivity contribution >= 4 is 34.6 Å². The van der Waals surface area contributed by atoms with E-state index < -0.39 is 11.0 Å². The van der Waals surface area contributed by atoms with Crippen LogP contribution in [0.5, 0.6) is 5.75 Å². The number of hydrogen-bond donors (Lipinski definition) is 3. The summed E-state index contributed by atoms with van der Waals surface area (Å²) in [4.78, 5) is 10.1. The number of anilines is 1. The Labute approximate surface area is 107 Å². The maximum Gasteiger partial charge on any atom is 0.296 e. The number of nitrogens with zero attached hydrogens (tertiary/aromatic N) is 1. The quantitative estimate of drug-likeness (QED) is 0.332. The minimum Gasteiger partial charge on any atom is -0.506 e. The maximum absolute atomic E-state index is 10.8. The van der Waals surface area contributed by atoms with E-state index in [4.69, 9.17) is 28.3 Å². The van der Waals surface area contributed by atoms with Gasteiger partial charge in [-0.2, -0.15) is 0 Å². The number of halogens is 2. The van der Waals surface area contributed by atoms with Crippen LogP contribution in [0.15, 0.2) is 12.1 Å². The van der Waals surface area contributed by atoms with Crippen LogP contribution in [0.4, 0.5) is 11.4 Å². The summed E-state index contributed by atoms with van der Waals surface area (Å²) < 4.78 is 0. The molecule has 1 aromatic carbocycles. The molecule has 1 unspecified atom stereocenters. The van der Waals surface area contributed by atoms with Gasteiger partial charge in [0.2, 0.25) is 0 Å². The second-order valence-electron chi connectivity index (χ2n) is 3.26. The van der Waals surface area contributed by atoms with Gasteiger partial charge in [-0.05, 0) is 6.07 Å². The van der Waals surface area contributed by atoms with Crippen molar-refractivity contribution < 1.29 is 15.1 Å². The molecule has 1 atom stereocenters. The topological polar surface area (TPSA) is 95.6 Å². The molecule has 6 nitrogen and oxygen atoms in total. The molecule has 0 saturated carbocycles. The molecule has 0 saturated heterocycles. The molecule has 1 aromatic rings. The van der Waals surface area contributed by atoms with Crippen molar-refractivity contribution in [3.05, 3.63) is 27.3 Å². The molecular weight excluding hydrogens is 271 g/mol. The van der Waals surface area contributed by atoms with Crippen LogP contribution in [0.1, 0.15) is 0 Å². The first-order chi connectivity index (χ1) is 7.99. The summed E-state index contributed by atoms with van der Waals surface area (Å²) in [5.74, 6) is -0.304. The van der Waals surface area contributed by atoms with E-state index in [-0.39, 0.29) is 34.6 Å². The molecule has 0 fully saturated rings. The molecule has 0 aliphatic carbocycles. The van der Waals surface area contributed by atoms with Crippen molar-refractivity contribution in [3.8, 4) is 5.75 Å². The third-order valence-corrected chi connectivity index (χ3v) is 2.70. The standard InChI is InChI=1S/C9H10Cl2N2O4/c10-3-5(4-14)12-7-1-6(11)9(15)2-8(7)13(16)17/h1-2,5,12,14-15H,3-4H2. The Balaban J connectivity index is 3.12. The van der Waals surface area contributed by atoms with Gasteiger partial charge in [0.1, 0.15) is 11.4 Å². The van der Waals surface area contributed by atoms with E-state index in [0.717, 1.165) is 6.07 Å². The lowest BCUT2D eigenvalue weighted by Crippen LogP contribution is -2.25. The fraction of sp³-hybridized carbons (Fsp3) is 0.333. The number of phenols is 1. The molecule has 0 aliphatic heterocycles.